The summed E-state index contributed by atoms with van der Waals surface area (Å²) < 4.78 is 68.2. The quantitative estimate of drug-likeness (QED) is 0.233. The average Bonchev–Trinajstić information content (AvgIpc) is 1.12. The zero-order valence-electron chi connectivity index (χ0n) is 5.49. The Labute approximate surface area is 124 Å². The van der Waals surface area contributed by atoms with Crippen LogP contribution in [-0.2, 0) is 20.8 Å². The van der Waals surface area contributed by atoms with E-state index in [9.17, 15) is 0 Å². The Kier molecular flexibility index (Phi) is 19.0. The molecule has 0 aliphatic carbocycles. The van der Waals surface area contributed by atoms with Crippen LogP contribution in [0.1, 0.15) is 0 Å². The minimum Gasteiger partial charge on any atom is -0.759 e. The van der Waals surface area contributed by atoms with E-state index in [1.54, 1.807) is 0 Å². The molecule has 0 saturated heterocycles. The van der Waals surface area contributed by atoms with Crippen molar-refractivity contribution in [1.29, 1.82) is 0 Å². The van der Waals surface area contributed by atoms with Gasteiger partial charge in [0.15, 0.2) is 0 Å². The van der Waals surface area contributed by atoms with Gasteiger partial charge >= 0.3 is 69.9 Å². The predicted molar refractivity (Wildman–Crippen MR) is 20.9 cm³/mol. The van der Waals surface area contributed by atoms with Crippen LogP contribution >= 0.6 is 0 Å². The smallest absolute Gasteiger partial charge is 0.759 e. The fraction of sp³-hybridized carbons (Fsp3) is 0. The summed E-state index contributed by atoms with van der Waals surface area (Å²) in [5.41, 5.74) is 0. The van der Waals surface area contributed by atoms with Crippen LogP contribution in [0.4, 0.5) is 0 Å². The van der Waals surface area contributed by atoms with Gasteiger partial charge in [-0.3, -0.25) is 16.8 Å². The molecule has 67 valence electrons. The van der Waals surface area contributed by atoms with Gasteiger partial charge in [0.25, 0.3) is 0 Å². The second kappa shape index (κ2) is 9.63. The molecule has 1 radical (unpaired) electrons. The third-order valence-corrected chi connectivity index (χ3v) is 0. The molecule has 0 atom stereocenters. The molecule has 0 aromatic rings. The molecule has 8 nitrogen and oxygen atoms in total. The van der Waals surface area contributed by atoms with Crippen LogP contribution in [0.25, 0.3) is 0 Å². The van der Waals surface area contributed by atoms with Gasteiger partial charge in [-0.05, 0) is 0 Å². The Morgan fingerprint density at radius 3 is 0.667 bits per heavy atom. The monoisotopic (exact) mass is 367 g/mol. The van der Waals surface area contributed by atoms with Crippen molar-refractivity contribution in [3.63, 3.8) is 0 Å². The molecule has 0 aromatic carbocycles. The minimum atomic E-state index is -5.17. The first-order chi connectivity index (χ1) is 4.00. The van der Waals surface area contributed by atoms with Gasteiger partial charge < -0.3 is 18.2 Å². The molecule has 0 aromatic heterocycles. The van der Waals surface area contributed by atoms with Crippen molar-refractivity contribution < 1.29 is 105 Å². The maximum Gasteiger partial charge on any atom is 3.00 e. The summed E-state index contributed by atoms with van der Waals surface area (Å²) >= 11 is 0. The standard InChI is InChI=1S/Na.2H2O4S.Sm/c;2*1-5(2,3)4;/h;2*(H2,1,2,3,4);/q+1;;;+3/p-4. The molecule has 0 heterocycles. The first-order valence-corrected chi connectivity index (χ1v) is 4.00. The fourth-order valence-corrected chi connectivity index (χ4v) is 0. The average molecular weight is 365 g/mol. The van der Waals surface area contributed by atoms with E-state index in [0.717, 1.165) is 0 Å². The van der Waals surface area contributed by atoms with E-state index >= 15 is 0 Å². The molecule has 0 unspecified atom stereocenters. The SMILES string of the molecule is O=S(=O)([O-])[O-].O=S(=O)([O-])[O-].[Na+].[Sm+3]. The Morgan fingerprint density at radius 1 is 0.667 bits per heavy atom. The van der Waals surface area contributed by atoms with Gasteiger partial charge in [0.05, 0.1) is 0 Å². The summed E-state index contributed by atoms with van der Waals surface area (Å²) in [5, 5.41) is 0. The Morgan fingerprint density at radius 2 is 0.667 bits per heavy atom. The van der Waals surface area contributed by atoms with Gasteiger partial charge in [-0.15, -0.1) is 0 Å². The summed E-state index contributed by atoms with van der Waals surface area (Å²) in [6.45, 7) is 0. The van der Waals surface area contributed by atoms with E-state index in [0.29, 0.717) is 0 Å². The molecule has 0 spiro atoms. The number of hydrogen-bond acceptors (Lipinski definition) is 8. The third-order valence-electron chi connectivity index (χ3n) is 0. The van der Waals surface area contributed by atoms with Crippen molar-refractivity contribution in [3.05, 3.63) is 0 Å². The van der Waals surface area contributed by atoms with E-state index in [1.807, 2.05) is 0 Å². The Bertz CT molecular complexity index is 213. The minimum absolute atomic E-state index is 0. The van der Waals surface area contributed by atoms with E-state index in [2.05, 4.69) is 0 Å². The molecule has 0 fully saturated rings. The number of hydrogen-bond donors (Lipinski definition) is 0. The van der Waals surface area contributed by atoms with Crippen molar-refractivity contribution >= 4 is 20.8 Å². The summed E-state index contributed by atoms with van der Waals surface area (Å²) in [4.78, 5) is 0. The number of rotatable bonds is 0. The van der Waals surface area contributed by atoms with Gasteiger partial charge in [-0.2, -0.15) is 0 Å². The fourth-order valence-electron chi connectivity index (χ4n) is 0. The largest absolute Gasteiger partial charge is 3.00 e. The molecular weight excluding hydrogens is 365 g/mol. The predicted octanol–water partition coefficient (Wildman–Crippen LogP) is -5.67. The van der Waals surface area contributed by atoms with Crippen molar-refractivity contribution in [2.75, 3.05) is 0 Å². The van der Waals surface area contributed by atoms with Gasteiger partial charge in [-0.25, -0.2) is 0 Å². The van der Waals surface area contributed by atoms with E-state index in [1.165, 1.54) is 0 Å². The first kappa shape index (κ1) is 23.7. The van der Waals surface area contributed by atoms with Crippen LogP contribution in [0.15, 0.2) is 0 Å². The Balaban J connectivity index is -0.0000000457. The second-order valence-corrected chi connectivity index (χ2v) is 2.45. The van der Waals surface area contributed by atoms with Crippen LogP contribution < -0.4 is 29.6 Å². The molecule has 12 heteroatoms. The maximum atomic E-state index is 8.52. The van der Waals surface area contributed by atoms with Gasteiger partial charge in [0.1, 0.15) is 0 Å². The van der Waals surface area contributed by atoms with E-state index in [4.69, 9.17) is 35.0 Å². The molecule has 0 aliphatic heterocycles. The van der Waals surface area contributed by atoms with Crippen molar-refractivity contribution in [2.45, 2.75) is 0 Å². The molecule has 0 bridgehead atoms. The maximum absolute atomic E-state index is 8.52. The first-order valence-electron chi connectivity index (χ1n) is 1.33. The van der Waals surface area contributed by atoms with E-state index < -0.39 is 20.8 Å². The molecular formula is NaO8S2Sm. The zero-order chi connectivity index (χ0) is 9.00. The van der Waals surface area contributed by atoms with Crippen LogP contribution in [0.2, 0.25) is 0 Å². The third kappa shape index (κ3) is 343. The van der Waals surface area contributed by atoms with Crippen molar-refractivity contribution in [3.8, 4) is 0 Å². The Hall–Kier alpha value is 2.08. The van der Waals surface area contributed by atoms with Crippen LogP contribution in [-0.4, -0.2) is 35.0 Å². The zero-order valence-corrected chi connectivity index (χ0v) is 11.7. The van der Waals surface area contributed by atoms with Gasteiger partial charge in [0.2, 0.25) is 0 Å². The molecule has 12 heavy (non-hydrogen) atoms. The molecule has 0 aliphatic rings. The summed E-state index contributed by atoms with van der Waals surface area (Å²) in [5.74, 6) is 0. The van der Waals surface area contributed by atoms with E-state index in [-0.39, 0.29) is 69.9 Å². The molecule has 0 N–H and O–H groups in total. The van der Waals surface area contributed by atoms with Crippen LogP contribution in [0.3, 0.4) is 0 Å². The van der Waals surface area contributed by atoms with Gasteiger partial charge in [-0.1, -0.05) is 0 Å². The molecule has 0 rings (SSSR count). The van der Waals surface area contributed by atoms with Crippen LogP contribution in [0.5, 0.6) is 0 Å². The normalized spacial score (nSPS) is 9.67. The van der Waals surface area contributed by atoms with Crippen LogP contribution in [0, 0.1) is 40.4 Å². The molecule has 0 saturated carbocycles. The van der Waals surface area contributed by atoms with Gasteiger partial charge in [0, 0.05) is 20.8 Å². The second-order valence-electron chi connectivity index (χ2n) is 0.816. The van der Waals surface area contributed by atoms with Crippen molar-refractivity contribution in [2.24, 2.45) is 0 Å². The van der Waals surface area contributed by atoms with Crippen molar-refractivity contribution in [1.82, 2.24) is 0 Å². The molecule has 0 amide bonds. The summed E-state index contributed by atoms with van der Waals surface area (Å²) in [7, 11) is -10.3. The summed E-state index contributed by atoms with van der Waals surface area (Å²) in [6, 6.07) is 0. The summed E-state index contributed by atoms with van der Waals surface area (Å²) in [6.07, 6.45) is 0. The topological polar surface area (TPSA) is 161 Å².